The van der Waals surface area contributed by atoms with E-state index in [9.17, 15) is 9.90 Å². The number of hydrogen-bond donors (Lipinski definition) is 1. The number of benzene rings is 1. The first-order chi connectivity index (χ1) is 16.1. The molecule has 8 nitrogen and oxygen atoms in total. The quantitative estimate of drug-likeness (QED) is 0.643. The average molecular weight is 457 g/mol. The number of hydrogen-bond acceptors (Lipinski definition) is 6. The van der Waals surface area contributed by atoms with Crippen LogP contribution < -0.4 is 0 Å². The highest BCUT2D eigenvalue weighted by molar-refractivity contribution is 5.75. The van der Waals surface area contributed by atoms with E-state index >= 15 is 0 Å². The first-order valence-corrected chi connectivity index (χ1v) is 12.3. The molecule has 2 atom stereocenters. The molecule has 0 aliphatic carbocycles. The molecule has 0 saturated carbocycles. The Hall–Kier alpha value is -2.45. The zero-order valence-electron chi connectivity index (χ0n) is 19.8. The number of ether oxygens (including phenoxy) is 1. The van der Waals surface area contributed by atoms with E-state index in [0.717, 1.165) is 12.8 Å². The van der Waals surface area contributed by atoms with Gasteiger partial charge in [0.15, 0.2) is 5.82 Å². The summed E-state index contributed by atoms with van der Waals surface area (Å²) in [5.41, 5.74) is 2.54. The maximum absolute atomic E-state index is 13.4. The molecule has 33 heavy (non-hydrogen) atoms. The van der Waals surface area contributed by atoms with Crippen LogP contribution >= 0.6 is 0 Å². The number of likely N-dealkylation sites (tertiary alicyclic amines) is 2. The standard InChI is InChI=1S/C25H36N4O4/c1-3-18-5-7-19(8-6-18)20-15-21(24-26-23(27-33-24)11-14-32-4-2)17-29(16-20)25(31)28-12-9-22(30)10-13-28/h5-8,20-22,30H,3-4,9-17H2,1-2H3. The molecule has 1 N–H and O–H groups in total. The normalized spacial score (nSPS) is 22.0. The highest BCUT2D eigenvalue weighted by Gasteiger charge is 2.36. The van der Waals surface area contributed by atoms with Crippen LogP contribution in [-0.4, -0.2) is 76.6 Å². The summed E-state index contributed by atoms with van der Waals surface area (Å²) in [6, 6.07) is 8.77. The maximum Gasteiger partial charge on any atom is 0.320 e. The second-order valence-corrected chi connectivity index (χ2v) is 9.13. The lowest BCUT2D eigenvalue weighted by atomic mass is 9.84. The summed E-state index contributed by atoms with van der Waals surface area (Å²) in [5.74, 6) is 1.44. The van der Waals surface area contributed by atoms with Gasteiger partial charge in [-0.1, -0.05) is 36.3 Å². The van der Waals surface area contributed by atoms with Crippen LogP contribution in [0.1, 0.15) is 67.8 Å². The molecule has 2 aliphatic heterocycles. The minimum Gasteiger partial charge on any atom is -0.393 e. The van der Waals surface area contributed by atoms with Crippen LogP contribution in [0.3, 0.4) is 0 Å². The first kappa shape index (κ1) is 23.7. The molecular formula is C25H36N4O4. The minimum absolute atomic E-state index is 0.0118. The van der Waals surface area contributed by atoms with Gasteiger partial charge in [-0.25, -0.2) is 4.79 Å². The van der Waals surface area contributed by atoms with Crippen molar-refractivity contribution in [2.75, 3.05) is 39.4 Å². The Morgan fingerprint density at radius 3 is 2.55 bits per heavy atom. The van der Waals surface area contributed by atoms with E-state index in [1.165, 1.54) is 11.1 Å². The Morgan fingerprint density at radius 2 is 1.85 bits per heavy atom. The topological polar surface area (TPSA) is 91.9 Å². The summed E-state index contributed by atoms with van der Waals surface area (Å²) in [6.07, 6.45) is 3.45. The molecule has 2 amide bonds. The fraction of sp³-hybridized carbons (Fsp3) is 0.640. The fourth-order valence-electron chi connectivity index (χ4n) is 4.80. The van der Waals surface area contributed by atoms with E-state index in [4.69, 9.17) is 9.26 Å². The number of aryl methyl sites for hydroxylation is 1. The summed E-state index contributed by atoms with van der Waals surface area (Å²) in [5, 5.41) is 14.0. The van der Waals surface area contributed by atoms with Crippen LogP contribution in [-0.2, 0) is 17.6 Å². The Morgan fingerprint density at radius 1 is 1.12 bits per heavy atom. The molecule has 3 heterocycles. The molecule has 8 heteroatoms. The summed E-state index contributed by atoms with van der Waals surface area (Å²) in [6.45, 7) is 7.78. The van der Waals surface area contributed by atoms with Crippen molar-refractivity contribution in [1.82, 2.24) is 19.9 Å². The summed E-state index contributed by atoms with van der Waals surface area (Å²) >= 11 is 0. The van der Waals surface area contributed by atoms with E-state index in [-0.39, 0.29) is 24.0 Å². The monoisotopic (exact) mass is 456 g/mol. The van der Waals surface area contributed by atoms with Gasteiger partial charge in [-0.2, -0.15) is 4.98 Å². The zero-order chi connectivity index (χ0) is 23.2. The van der Waals surface area contributed by atoms with Gasteiger partial charge in [0.1, 0.15) is 0 Å². The van der Waals surface area contributed by atoms with Crippen molar-refractivity contribution in [1.29, 1.82) is 0 Å². The minimum atomic E-state index is -0.304. The number of amides is 2. The first-order valence-electron chi connectivity index (χ1n) is 12.3. The van der Waals surface area contributed by atoms with E-state index < -0.39 is 0 Å². The molecule has 180 valence electrons. The number of carbonyl (C=O) groups excluding carboxylic acids is 1. The Kier molecular flexibility index (Phi) is 7.98. The van der Waals surface area contributed by atoms with Crippen molar-refractivity contribution >= 4 is 6.03 Å². The number of aliphatic hydroxyl groups is 1. The zero-order valence-corrected chi connectivity index (χ0v) is 19.8. The van der Waals surface area contributed by atoms with Gasteiger partial charge < -0.3 is 24.2 Å². The van der Waals surface area contributed by atoms with Gasteiger partial charge >= 0.3 is 6.03 Å². The SMILES string of the molecule is CCOCCc1noc(C2CC(c3ccc(CC)cc3)CN(C(=O)N3CCC(O)CC3)C2)n1. The molecule has 2 aromatic rings. The van der Waals surface area contributed by atoms with Crippen LogP contribution in [0.2, 0.25) is 0 Å². The lowest BCUT2D eigenvalue weighted by molar-refractivity contribution is 0.0744. The second kappa shape index (κ2) is 11.1. The number of urea groups is 1. The predicted octanol–water partition coefficient (Wildman–Crippen LogP) is 3.36. The van der Waals surface area contributed by atoms with Crippen LogP contribution in [0.5, 0.6) is 0 Å². The molecule has 2 fully saturated rings. The number of carbonyl (C=O) groups is 1. The lowest BCUT2D eigenvalue weighted by Gasteiger charge is -2.40. The van der Waals surface area contributed by atoms with E-state index in [1.807, 2.05) is 16.7 Å². The van der Waals surface area contributed by atoms with E-state index in [1.54, 1.807) is 0 Å². The van der Waals surface area contributed by atoms with Crippen LogP contribution in [0.15, 0.2) is 28.8 Å². The summed E-state index contributed by atoms with van der Waals surface area (Å²) < 4.78 is 11.1. The van der Waals surface area contributed by atoms with Crippen molar-refractivity contribution in [3.8, 4) is 0 Å². The van der Waals surface area contributed by atoms with Gasteiger partial charge in [0.25, 0.3) is 0 Å². The molecule has 2 saturated heterocycles. The molecule has 1 aromatic carbocycles. The van der Waals surface area contributed by atoms with Crippen molar-refractivity contribution in [2.24, 2.45) is 0 Å². The number of nitrogens with zero attached hydrogens (tertiary/aromatic N) is 4. The third kappa shape index (κ3) is 5.92. The Labute approximate surface area is 195 Å². The molecule has 4 rings (SSSR count). The number of aliphatic hydroxyl groups excluding tert-OH is 1. The lowest BCUT2D eigenvalue weighted by Crippen LogP contribution is -2.51. The van der Waals surface area contributed by atoms with Crippen molar-refractivity contribution in [3.63, 3.8) is 0 Å². The third-order valence-corrected chi connectivity index (χ3v) is 6.82. The van der Waals surface area contributed by atoms with Crippen molar-refractivity contribution in [3.05, 3.63) is 47.1 Å². The van der Waals surface area contributed by atoms with Crippen LogP contribution in [0.25, 0.3) is 0 Å². The molecule has 1 aromatic heterocycles. The fourth-order valence-corrected chi connectivity index (χ4v) is 4.80. The van der Waals surface area contributed by atoms with Crippen molar-refractivity contribution < 1.29 is 19.2 Å². The Balaban J connectivity index is 1.52. The molecule has 2 unspecified atom stereocenters. The Bertz CT molecular complexity index is 892. The van der Waals surface area contributed by atoms with Crippen LogP contribution in [0.4, 0.5) is 4.79 Å². The van der Waals surface area contributed by atoms with Gasteiger partial charge in [-0.15, -0.1) is 0 Å². The number of aromatic nitrogens is 2. The van der Waals surface area contributed by atoms with Gasteiger partial charge in [0, 0.05) is 45.1 Å². The molecule has 2 aliphatic rings. The highest BCUT2D eigenvalue weighted by Crippen LogP contribution is 2.36. The molecular weight excluding hydrogens is 420 g/mol. The van der Waals surface area contributed by atoms with Crippen molar-refractivity contribution in [2.45, 2.75) is 63.9 Å². The predicted molar refractivity (Wildman–Crippen MR) is 124 cm³/mol. The molecule has 0 bridgehead atoms. The smallest absolute Gasteiger partial charge is 0.320 e. The largest absolute Gasteiger partial charge is 0.393 e. The average Bonchev–Trinajstić information content (AvgIpc) is 3.33. The third-order valence-electron chi connectivity index (χ3n) is 6.82. The van der Waals surface area contributed by atoms with Crippen LogP contribution in [0, 0.1) is 0 Å². The number of rotatable bonds is 7. The van der Waals surface area contributed by atoms with Gasteiger partial charge in [-0.3, -0.25) is 0 Å². The van der Waals surface area contributed by atoms with E-state index in [0.29, 0.717) is 70.4 Å². The molecule has 0 radical (unpaired) electrons. The van der Waals surface area contributed by atoms with Gasteiger partial charge in [0.2, 0.25) is 5.89 Å². The second-order valence-electron chi connectivity index (χ2n) is 9.13. The van der Waals surface area contributed by atoms with Gasteiger partial charge in [0.05, 0.1) is 18.6 Å². The summed E-state index contributed by atoms with van der Waals surface area (Å²) in [4.78, 5) is 21.8. The maximum atomic E-state index is 13.4. The summed E-state index contributed by atoms with van der Waals surface area (Å²) in [7, 11) is 0. The van der Waals surface area contributed by atoms with Gasteiger partial charge in [-0.05, 0) is 43.7 Å². The van der Waals surface area contributed by atoms with E-state index in [2.05, 4.69) is 41.3 Å². The molecule has 0 spiro atoms. The number of piperidine rings is 2. The highest BCUT2D eigenvalue weighted by atomic mass is 16.5.